The van der Waals surface area contributed by atoms with E-state index < -0.39 is 11.6 Å². The van der Waals surface area contributed by atoms with Crippen LogP contribution in [-0.2, 0) is 22.6 Å². The Morgan fingerprint density at radius 2 is 1.71 bits per heavy atom. The molecule has 0 aromatic heterocycles. The molecule has 1 atom stereocenters. The summed E-state index contributed by atoms with van der Waals surface area (Å²) in [6.45, 7) is 1.89. The molecule has 0 heterocycles. The highest BCUT2D eigenvalue weighted by atomic mass is 79.9. The van der Waals surface area contributed by atoms with Gasteiger partial charge in [0, 0.05) is 10.9 Å². The lowest BCUT2D eigenvalue weighted by molar-refractivity contribution is -0.165. The Bertz CT molecular complexity index is 595. The summed E-state index contributed by atoms with van der Waals surface area (Å²) in [4.78, 5) is 11.6. The minimum Gasteiger partial charge on any atom is -0.479 e. The van der Waals surface area contributed by atoms with Crippen molar-refractivity contribution in [1.29, 1.82) is 0 Å². The predicted molar refractivity (Wildman–Crippen MR) is 85.1 cm³/mol. The average molecular weight is 349 g/mol. The van der Waals surface area contributed by atoms with Gasteiger partial charge in [-0.2, -0.15) is 0 Å². The van der Waals surface area contributed by atoms with Crippen LogP contribution >= 0.6 is 15.9 Å². The molecule has 0 amide bonds. The fourth-order valence-corrected chi connectivity index (χ4v) is 2.26. The number of benzene rings is 2. The van der Waals surface area contributed by atoms with E-state index in [0.717, 1.165) is 15.6 Å². The summed E-state index contributed by atoms with van der Waals surface area (Å²) in [5, 5.41) is 9.49. The van der Waals surface area contributed by atoms with Crippen LogP contribution in [0.3, 0.4) is 0 Å². The van der Waals surface area contributed by atoms with Gasteiger partial charge in [-0.15, -0.1) is 0 Å². The van der Waals surface area contributed by atoms with Crippen molar-refractivity contribution in [3.05, 3.63) is 70.2 Å². The van der Waals surface area contributed by atoms with E-state index in [1.54, 1.807) is 6.92 Å². The van der Waals surface area contributed by atoms with Gasteiger partial charge in [-0.05, 0) is 30.2 Å². The van der Waals surface area contributed by atoms with E-state index in [1.807, 2.05) is 54.6 Å². The summed E-state index contributed by atoms with van der Waals surface area (Å²) in [7, 11) is 0. The first-order valence-corrected chi connectivity index (χ1v) is 7.45. The van der Waals surface area contributed by atoms with Crippen LogP contribution in [-0.4, -0.2) is 16.7 Å². The fourth-order valence-electron chi connectivity index (χ4n) is 2.00. The molecule has 0 saturated heterocycles. The second kappa shape index (κ2) is 6.87. The maximum Gasteiger partial charge on any atom is 0.336 e. The number of carbonyl (C=O) groups is 1. The number of carboxylic acids is 1. The van der Waals surface area contributed by atoms with Crippen LogP contribution in [0.5, 0.6) is 0 Å². The summed E-state index contributed by atoms with van der Waals surface area (Å²) >= 11 is 3.37. The molecule has 21 heavy (non-hydrogen) atoms. The van der Waals surface area contributed by atoms with Crippen molar-refractivity contribution in [2.45, 2.75) is 25.6 Å². The van der Waals surface area contributed by atoms with Crippen LogP contribution < -0.4 is 0 Å². The van der Waals surface area contributed by atoms with Crippen molar-refractivity contribution in [3.63, 3.8) is 0 Å². The SMILES string of the molecule is C[C@@](Cc1ccc(Br)cc1)(OCc1ccccc1)C(=O)O. The maximum absolute atomic E-state index is 11.6. The normalized spacial score (nSPS) is 13.6. The quantitative estimate of drug-likeness (QED) is 0.856. The zero-order chi connectivity index (χ0) is 15.3. The van der Waals surface area contributed by atoms with Crippen molar-refractivity contribution in [1.82, 2.24) is 0 Å². The van der Waals surface area contributed by atoms with Crippen molar-refractivity contribution in [2.24, 2.45) is 0 Å². The summed E-state index contributed by atoms with van der Waals surface area (Å²) < 4.78 is 6.67. The van der Waals surface area contributed by atoms with Crippen LogP contribution in [0, 0.1) is 0 Å². The van der Waals surface area contributed by atoms with Crippen molar-refractivity contribution >= 4 is 21.9 Å². The van der Waals surface area contributed by atoms with Crippen LogP contribution in [0.15, 0.2) is 59.1 Å². The van der Waals surface area contributed by atoms with Gasteiger partial charge in [0.15, 0.2) is 5.60 Å². The smallest absolute Gasteiger partial charge is 0.336 e. The summed E-state index contributed by atoms with van der Waals surface area (Å²) in [5.74, 6) is -0.957. The highest BCUT2D eigenvalue weighted by Crippen LogP contribution is 2.21. The largest absolute Gasteiger partial charge is 0.479 e. The Morgan fingerprint density at radius 3 is 2.29 bits per heavy atom. The van der Waals surface area contributed by atoms with E-state index in [1.165, 1.54) is 0 Å². The van der Waals surface area contributed by atoms with Crippen molar-refractivity contribution in [3.8, 4) is 0 Å². The van der Waals surface area contributed by atoms with Gasteiger partial charge in [0.05, 0.1) is 6.61 Å². The van der Waals surface area contributed by atoms with Gasteiger partial charge in [-0.1, -0.05) is 58.4 Å². The van der Waals surface area contributed by atoms with Gasteiger partial charge >= 0.3 is 5.97 Å². The lowest BCUT2D eigenvalue weighted by atomic mass is 9.96. The van der Waals surface area contributed by atoms with Crippen molar-refractivity contribution < 1.29 is 14.6 Å². The zero-order valence-corrected chi connectivity index (χ0v) is 13.3. The molecule has 0 bridgehead atoms. The lowest BCUT2D eigenvalue weighted by Gasteiger charge is -2.25. The first kappa shape index (κ1) is 15.7. The first-order chi connectivity index (χ1) is 9.99. The van der Waals surface area contributed by atoms with Crippen LogP contribution in [0.4, 0.5) is 0 Å². The third-order valence-electron chi connectivity index (χ3n) is 3.31. The molecule has 3 nitrogen and oxygen atoms in total. The number of carboxylic acid groups (broad SMARTS) is 1. The van der Waals surface area contributed by atoms with Gasteiger partial charge in [-0.25, -0.2) is 4.79 Å². The van der Waals surface area contributed by atoms with E-state index in [-0.39, 0.29) is 6.61 Å². The van der Waals surface area contributed by atoms with E-state index in [2.05, 4.69) is 15.9 Å². The second-order valence-electron chi connectivity index (χ2n) is 5.11. The molecule has 0 aliphatic carbocycles. The molecule has 0 unspecified atom stereocenters. The van der Waals surface area contributed by atoms with Gasteiger partial charge in [0.2, 0.25) is 0 Å². The molecule has 2 aromatic rings. The molecule has 2 rings (SSSR count). The lowest BCUT2D eigenvalue weighted by Crippen LogP contribution is -2.40. The molecule has 0 aliphatic rings. The van der Waals surface area contributed by atoms with Gasteiger partial charge in [-0.3, -0.25) is 0 Å². The number of hydrogen-bond acceptors (Lipinski definition) is 2. The minimum atomic E-state index is -1.25. The minimum absolute atomic E-state index is 0.278. The average Bonchev–Trinajstić information content (AvgIpc) is 2.48. The zero-order valence-electron chi connectivity index (χ0n) is 11.8. The van der Waals surface area contributed by atoms with Gasteiger partial charge in [0.25, 0.3) is 0 Å². The highest BCUT2D eigenvalue weighted by molar-refractivity contribution is 9.10. The topological polar surface area (TPSA) is 46.5 Å². The number of rotatable bonds is 6. The summed E-state index contributed by atoms with van der Waals surface area (Å²) in [6.07, 6.45) is 0.322. The Hall–Kier alpha value is -1.65. The van der Waals surface area contributed by atoms with E-state index in [4.69, 9.17) is 4.74 Å². The monoisotopic (exact) mass is 348 g/mol. The molecule has 0 spiro atoms. The molecule has 110 valence electrons. The molecule has 1 N–H and O–H groups in total. The molecular formula is C17H17BrO3. The van der Waals surface area contributed by atoms with Gasteiger partial charge in [0.1, 0.15) is 0 Å². The van der Waals surface area contributed by atoms with Gasteiger partial charge < -0.3 is 9.84 Å². The molecule has 0 fully saturated rings. The Kier molecular flexibility index (Phi) is 5.15. The van der Waals surface area contributed by atoms with Crippen LogP contribution in [0.1, 0.15) is 18.1 Å². The summed E-state index contributed by atoms with van der Waals surface area (Å²) in [5.41, 5.74) is 0.640. The maximum atomic E-state index is 11.6. The first-order valence-electron chi connectivity index (χ1n) is 6.65. The number of ether oxygens (including phenoxy) is 1. The molecule has 0 saturated carbocycles. The number of halogens is 1. The van der Waals surface area contributed by atoms with Crippen LogP contribution in [0.2, 0.25) is 0 Å². The fraction of sp³-hybridized carbons (Fsp3) is 0.235. The van der Waals surface area contributed by atoms with Crippen LogP contribution in [0.25, 0.3) is 0 Å². The third kappa shape index (κ3) is 4.41. The number of aliphatic carboxylic acids is 1. The standard InChI is InChI=1S/C17H17BrO3/c1-17(16(19)20,11-13-7-9-15(18)10-8-13)21-12-14-5-3-2-4-6-14/h2-10H,11-12H2,1H3,(H,19,20)/t17-/m0/s1. The molecule has 0 aliphatic heterocycles. The Morgan fingerprint density at radius 1 is 1.10 bits per heavy atom. The molecule has 4 heteroatoms. The highest BCUT2D eigenvalue weighted by Gasteiger charge is 2.34. The Balaban J connectivity index is 2.09. The van der Waals surface area contributed by atoms with Crippen molar-refractivity contribution in [2.75, 3.05) is 0 Å². The van der Waals surface area contributed by atoms with E-state index in [0.29, 0.717) is 6.42 Å². The summed E-state index contributed by atoms with van der Waals surface area (Å²) in [6, 6.07) is 17.2. The third-order valence-corrected chi connectivity index (χ3v) is 3.84. The molecular weight excluding hydrogens is 332 g/mol. The second-order valence-corrected chi connectivity index (χ2v) is 6.03. The van der Waals surface area contributed by atoms with E-state index in [9.17, 15) is 9.90 Å². The Labute approximate surface area is 132 Å². The molecule has 2 aromatic carbocycles. The molecule has 0 radical (unpaired) electrons. The van der Waals surface area contributed by atoms with E-state index >= 15 is 0 Å². The number of hydrogen-bond donors (Lipinski definition) is 1. The predicted octanol–water partition coefficient (Wildman–Crippen LogP) is 4.05.